The normalized spacial score (nSPS) is 14.9. The van der Waals surface area contributed by atoms with E-state index in [0.29, 0.717) is 56.4 Å². The number of carboxylic acid groups (broad SMARTS) is 1. The number of aromatic carboxylic acids is 1. The fourth-order valence-corrected chi connectivity index (χ4v) is 3.34. The van der Waals surface area contributed by atoms with Crippen molar-refractivity contribution in [1.29, 1.82) is 0 Å². The molecule has 3 rings (SSSR count). The first-order valence-electron chi connectivity index (χ1n) is 8.78. The maximum absolute atomic E-state index is 12.5. The van der Waals surface area contributed by atoms with Gasteiger partial charge in [-0.3, -0.25) is 9.48 Å². The van der Waals surface area contributed by atoms with E-state index in [-0.39, 0.29) is 11.5 Å². The van der Waals surface area contributed by atoms with E-state index in [1.165, 1.54) is 18.6 Å². The van der Waals surface area contributed by atoms with E-state index in [4.69, 9.17) is 16.7 Å². The van der Waals surface area contributed by atoms with Crippen molar-refractivity contribution < 1.29 is 14.7 Å². The first-order valence-corrected chi connectivity index (χ1v) is 9.16. The fraction of sp³-hybridized carbons (Fsp3) is 0.471. The Morgan fingerprint density at radius 3 is 2.78 bits per heavy atom. The summed E-state index contributed by atoms with van der Waals surface area (Å²) in [5.41, 5.74) is 0.0581. The number of nitrogens with zero attached hydrogens (tertiary/aromatic N) is 6. The summed E-state index contributed by atoms with van der Waals surface area (Å²) in [6, 6.07) is 1.41. The van der Waals surface area contributed by atoms with Crippen LogP contribution in [0.2, 0.25) is 5.02 Å². The average Bonchev–Trinajstić information content (AvgIpc) is 3.04. The predicted octanol–water partition coefficient (Wildman–Crippen LogP) is 1.54. The first kappa shape index (κ1) is 19.1. The molecule has 0 radical (unpaired) electrons. The number of anilines is 1. The second-order valence-electron chi connectivity index (χ2n) is 6.32. The Bertz CT molecular complexity index is 798. The molecular formula is C17H21ClN6O3. The summed E-state index contributed by atoms with van der Waals surface area (Å²) in [7, 11) is 0. The number of carbonyl (C=O) groups excluding carboxylic acids is 1. The Labute approximate surface area is 161 Å². The first-order chi connectivity index (χ1) is 13.0. The zero-order valence-corrected chi connectivity index (χ0v) is 15.5. The minimum absolute atomic E-state index is 0.0581. The molecule has 1 fully saturated rings. The van der Waals surface area contributed by atoms with E-state index < -0.39 is 5.97 Å². The van der Waals surface area contributed by atoms with Gasteiger partial charge in [-0.2, -0.15) is 5.10 Å². The topological polar surface area (TPSA) is 104 Å². The Morgan fingerprint density at radius 1 is 1.22 bits per heavy atom. The average molecular weight is 393 g/mol. The van der Waals surface area contributed by atoms with E-state index >= 15 is 0 Å². The molecule has 0 bridgehead atoms. The summed E-state index contributed by atoms with van der Waals surface area (Å²) in [6.07, 6.45) is 6.40. The van der Waals surface area contributed by atoms with Gasteiger partial charge in [-0.25, -0.2) is 14.8 Å². The lowest BCUT2D eigenvalue weighted by Crippen LogP contribution is -2.35. The number of aromatic nitrogens is 4. The van der Waals surface area contributed by atoms with Crippen LogP contribution in [0.3, 0.4) is 0 Å². The quantitative estimate of drug-likeness (QED) is 0.795. The van der Waals surface area contributed by atoms with Crippen molar-refractivity contribution in [2.75, 3.05) is 31.1 Å². The van der Waals surface area contributed by atoms with E-state index in [1.54, 1.807) is 11.0 Å². The fourth-order valence-electron chi connectivity index (χ4n) is 3.06. The summed E-state index contributed by atoms with van der Waals surface area (Å²) in [5, 5.41) is 13.4. The van der Waals surface area contributed by atoms with Crippen LogP contribution in [0.1, 0.15) is 29.6 Å². The van der Waals surface area contributed by atoms with Gasteiger partial charge < -0.3 is 14.9 Å². The summed E-state index contributed by atoms with van der Waals surface area (Å²) in [5.74, 6) is -0.381. The van der Waals surface area contributed by atoms with E-state index in [1.807, 2.05) is 9.80 Å². The molecule has 0 saturated carbocycles. The molecule has 1 aliphatic rings. The third kappa shape index (κ3) is 4.94. The zero-order chi connectivity index (χ0) is 19.2. The molecule has 1 N–H and O–H groups in total. The van der Waals surface area contributed by atoms with Crippen LogP contribution in [0, 0.1) is 0 Å². The third-order valence-corrected chi connectivity index (χ3v) is 4.74. The molecular weight excluding hydrogens is 372 g/mol. The molecule has 0 aromatic carbocycles. The standard InChI is InChI=1S/C17H21ClN6O3/c18-14-9-13(17(26)27)10-20-16(14)23-5-2-4-22(7-8-23)15(25)3-1-6-24-12-19-11-21-24/h9-12H,1-8H2,(H,26,27). The number of hydrogen-bond acceptors (Lipinski definition) is 6. The molecule has 0 spiro atoms. The van der Waals surface area contributed by atoms with Gasteiger partial charge in [-0.15, -0.1) is 0 Å². The largest absolute Gasteiger partial charge is 0.478 e. The highest BCUT2D eigenvalue weighted by atomic mass is 35.5. The van der Waals surface area contributed by atoms with Gasteiger partial charge in [0.15, 0.2) is 0 Å². The number of carboxylic acids is 1. The van der Waals surface area contributed by atoms with Crippen LogP contribution in [0.15, 0.2) is 24.9 Å². The van der Waals surface area contributed by atoms with Gasteiger partial charge in [0.2, 0.25) is 5.91 Å². The summed E-state index contributed by atoms with van der Waals surface area (Å²) < 4.78 is 1.71. The molecule has 2 aromatic rings. The van der Waals surface area contributed by atoms with E-state index in [9.17, 15) is 9.59 Å². The Kier molecular flexibility index (Phi) is 6.23. The van der Waals surface area contributed by atoms with Crippen molar-refractivity contribution >= 4 is 29.3 Å². The Hall–Kier alpha value is -2.68. The van der Waals surface area contributed by atoms with Gasteiger partial charge in [0.1, 0.15) is 18.5 Å². The lowest BCUT2D eigenvalue weighted by Gasteiger charge is -2.23. The number of halogens is 1. The molecule has 1 saturated heterocycles. The minimum Gasteiger partial charge on any atom is -0.478 e. The zero-order valence-electron chi connectivity index (χ0n) is 14.8. The maximum Gasteiger partial charge on any atom is 0.337 e. The molecule has 2 aromatic heterocycles. The maximum atomic E-state index is 12.5. The van der Waals surface area contributed by atoms with Gasteiger partial charge in [0.05, 0.1) is 10.6 Å². The van der Waals surface area contributed by atoms with Crippen LogP contribution in [0.25, 0.3) is 0 Å². The number of pyridine rings is 1. The predicted molar refractivity (Wildman–Crippen MR) is 98.9 cm³/mol. The number of carbonyl (C=O) groups is 2. The molecule has 1 amide bonds. The molecule has 0 unspecified atom stereocenters. The molecule has 3 heterocycles. The van der Waals surface area contributed by atoms with Crippen molar-refractivity contribution in [2.45, 2.75) is 25.8 Å². The van der Waals surface area contributed by atoms with Crippen molar-refractivity contribution in [1.82, 2.24) is 24.6 Å². The highest BCUT2D eigenvalue weighted by Crippen LogP contribution is 2.25. The second-order valence-corrected chi connectivity index (χ2v) is 6.73. The highest BCUT2D eigenvalue weighted by Gasteiger charge is 2.21. The van der Waals surface area contributed by atoms with Gasteiger partial charge in [-0.05, 0) is 18.9 Å². The molecule has 27 heavy (non-hydrogen) atoms. The number of aryl methyl sites for hydroxylation is 1. The Balaban J connectivity index is 1.54. The van der Waals surface area contributed by atoms with Crippen molar-refractivity contribution in [3.63, 3.8) is 0 Å². The van der Waals surface area contributed by atoms with Gasteiger partial charge in [-0.1, -0.05) is 11.6 Å². The van der Waals surface area contributed by atoms with Gasteiger partial charge in [0.25, 0.3) is 0 Å². The minimum atomic E-state index is -1.06. The molecule has 9 nitrogen and oxygen atoms in total. The second kappa shape index (κ2) is 8.81. The lowest BCUT2D eigenvalue weighted by atomic mass is 10.2. The third-order valence-electron chi connectivity index (χ3n) is 4.46. The summed E-state index contributed by atoms with van der Waals surface area (Å²) >= 11 is 6.22. The number of amides is 1. The summed E-state index contributed by atoms with van der Waals surface area (Å²) in [6.45, 7) is 3.25. The van der Waals surface area contributed by atoms with E-state index in [0.717, 1.165) is 6.42 Å². The highest BCUT2D eigenvalue weighted by molar-refractivity contribution is 6.33. The molecule has 10 heteroatoms. The van der Waals surface area contributed by atoms with Crippen LogP contribution in [0.5, 0.6) is 0 Å². The van der Waals surface area contributed by atoms with Crippen LogP contribution < -0.4 is 4.90 Å². The molecule has 0 aliphatic carbocycles. The molecule has 144 valence electrons. The lowest BCUT2D eigenvalue weighted by molar-refractivity contribution is -0.131. The van der Waals surface area contributed by atoms with Gasteiger partial charge >= 0.3 is 5.97 Å². The summed E-state index contributed by atoms with van der Waals surface area (Å²) in [4.78, 5) is 35.4. The number of rotatable bonds is 6. The monoisotopic (exact) mass is 392 g/mol. The van der Waals surface area contributed by atoms with E-state index in [2.05, 4.69) is 15.1 Å². The Morgan fingerprint density at radius 2 is 2.07 bits per heavy atom. The van der Waals surface area contributed by atoms with Gasteiger partial charge in [0, 0.05) is 45.3 Å². The number of hydrogen-bond donors (Lipinski definition) is 1. The van der Waals surface area contributed by atoms with Crippen LogP contribution in [-0.2, 0) is 11.3 Å². The molecule has 0 atom stereocenters. The van der Waals surface area contributed by atoms with Crippen molar-refractivity contribution in [3.8, 4) is 0 Å². The molecule has 1 aliphatic heterocycles. The smallest absolute Gasteiger partial charge is 0.337 e. The van der Waals surface area contributed by atoms with Crippen molar-refractivity contribution in [2.24, 2.45) is 0 Å². The van der Waals surface area contributed by atoms with Crippen LogP contribution >= 0.6 is 11.6 Å². The van der Waals surface area contributed by atoms with Crippen LogP contribution in [-0.4, -0.2) is 67.8 Å². The van der Waals surface area contributed by atoms with Crippen molar-refractivity contribution in [3.05, 3.63) is 35.5 Å². The SMILES string of the molecule is O=C(O)c1cnc(N2CCCN(C(=O)CCCn3cncn3)CC2)c(Cl)c1. The van der Waals surface area contributed by atoms with Crippen LogP contribution in [0.4, 0.5) is 5.82 Å².